The number of primary amides is 1. The lowest BCUT2D eigenvalue weighted by atomic mass is 10.0. The van der Waals surface area contributed by atoms with E-state index in [4.69, 9.17) is 5.73 Å². The minimum atomic E-state index is -0.570. The summed E-state index contributed by atoms with van der Waals surface area (Å²) in [4.78, 5) is 29.3. The number of hydrogen-bond acceptors (Lipinski definition) is 4. The number of anilines is 1. The van der Waals surface area contributed by atoms with Crippen LogP contribution in [-0.4, -0.2) is 40.8 Å². The number of halogens is 1. The van der Waals surface area contributed by atoms with Crippen LogP contribution in [0.4, 0.5) is 10.1 Å². The van der Waals surface area contributed by atoms with Crippen LogP contribution in [0.5, 0.6) is 0 Å². The molecule has 1 fully saturated rings. The van der Waals surface area contributed by atoms with Gasteiger partial charge in [0.15, 0.2) is 0 Å². The maximum absolute atomic E-state index is 12.9. The van der Waals surface area contributed by atoms with Crippen LogP contribution in [0.1, 0.15) is 33.7 Å². The molecule has 2 amide bonds. The molecular formula is C18H19FN4O2. The number of carbonyl (C=O) groups excluding carboxylic acids is 2. The van der Waals surface area contributed by atoms with Crippen molar-refractivity contribution in [2.75, 3.05) is 18.4 Å². The first kappa shape index (κ1) is 16.9. The minimum absolute atomic E-state index is 0.156. The number of carbonyl (C=O) groups is 2. The van der Waals surface area contributed by atoms with Gasteiger partial charge in [0, 0.05) is 31.0 Å². The second kappa shape index (κ2) is 7.29. The average molecular weight is 342 g/mol. The summed E-state index contributed by atoms with van der Waals surface area (Å²) in [6.45, 7) is 1.22. The summed E-state index contributed by atoms with van der Waals surface area (Å²) in [7, 11) is 0. The van der Waals surface area contributed by atoms with Crippen LogP contribution in [0.3, 0.4) is 0 Å². The van der Waals surface area contributed by atoms with Gasteiger partial charge in [0.2, 0.25) is 5.91 Å². The van der Waals surface area contributed by atoms with Crippen molar-refractivity contribution in [2.24, 2.45) is 5.73 Å². The molecule has 1 aromatic heterocycles. The SMILES string of the molecule is NC(=O)c1ccc(C(=O)N2CCC(Nc3ccc(F)cc3)CC2)nc1. The molecule has 0 radical (unpaired) electrons. The van der Waals surface area contributed by atoms with Gasteiger partial charge in [-0.3, -0.25) is 14.6 Å². The Kier molecular flexibility index (Phi) is 4.92. The molecule has 6 nitrogen and oxygen atoms in total. The smallest absolute Gasteiger partial charge is 0.272 e. The van der Waals surface area contributed by atoms with Gasteiger partial charge in [0.05, 0.1) is 5.56 Å². The lowest BCUT2D eigenvalue weighted by molar-refractivity contribution is 0.0712. The highest BCUT2D eigenvalue weighted by Gasteiger charge is 2.24. The minimum Gasteiger partial charge on any atom is -0.382 e. The zero-order valence-corrected chi connectivity index (χ0v) is 13.6. The second-order valence-corrected chi connectivity index (χ2v) is 6.01. The van der Waals surface area contributed by atoms with Crippen LogP contribution < -0.4 is 11.1 Å². The Labute approximate surface area is 144 Å². The lowest BCUT2D eigenvalue weighted by Crippen LogP contribution is -2.42. The molecule has 0 aliphatic carbocycles. The number of aromatic nitrogens is 1. The molecule has 1 aromatic carbocycles. The first-order chi connectivity index (χ1) is 12.0. The highest BCUT2D eigenvalue weighted by molar-refractivity contribution is 5.95. The van der Waals surface area contributed by atoms with Crippen LogP contribution >= 0.6 is 0 Å². The van der Waals surface area contributed by atoms with E-state index >= 15 is 0 Å². The van der Waals surface area contributed by atoms with Crippen LogP contribution in [0.15, 0.2) is 42.6 Å². The molecule has 3 rings (SSSR count). The number of likely N-dealkylation sites (tertiary alicyclic amines) is 1. The van der Waals surface area contributed by atoms with Crippen molar-refractivity contribution >= 4 is 17.5 Å². The number of hydrogen-bond donors (Lipinski definition) is 2. The number of nitrogens with one attached hydrogen (secondary N) is 1. The molecule has 1 aliphatic heterocycles. The molecule has 25 heavy (non-hydrogen) atoms. The highest BCUT2D eigenvalue weighted by Crippen LogP contribution is 2.18. The zero-order valence-electron chi connectivity index (χ0n) is 13.6. The van der Waals surface area contributed by atoms with Gasteiger partial charge >= 0.3 is 0 Å². The number of amides is 2. The maximum atomic E-state index is 12.9. The fourth-order valence-electron chi connectivity index (χ4n) is 2.84. The summed E-state index contributed by atoms with van der Waals surface area (Å²) in [6.07, 6.45) is 2.91. The summed E-state index contributed by atoms with van der Waals surface area (Å²) < 4.78 is 12.9. The van der Waals surface area contributed by atoms with Gasteiger partial charge in [-0.2, -0.15) is 0 Å². The summed E-state index contributed by atoms with van der Waals surface area (Å²) in [5.74, 6) is -0.990. The van der Waals surface area contributed by atoms with E-state index in [1.54, 1.807) is 17.0 Å². The predicted molar refractivity (Wildman–Crippen MR) is 91.7 cm³/mol. The first-order valence-electron chi connectivity index (χ1n) is 8.10. The van der Waals surface area contributed by atoms with Crippen LogP contribution in [0, 0.1) is 5.82 Å². The summed E-state index contributed by atoms with van der Waals surface area (Å²) in [5.41, 5.74) is 6.62. The van der Waals surface area contributed by atoms with Crippen LogP contribution in [0.2, 0.25) is 0 Å². The van der Waals surface area contributed by atoms with Crippen LogP contribution in [-0.2, 0) is 0 Å². The third-order valence-corrected chi connectivity index (χ3v) is 4.26. The van der Waals surface area contributed by atoms with E-state index < -0.39 is 5.91 Å². The molecule has 0 atom stereocenters. The Morgan fingerprint density at radius 2 is 1.80 bits per heavy atom. The van der Waals surface area contributed by atoms with Crippen LogP contribution in [0.25, 0.3) is 0 Å². The number of piperidine rings is 1. The van der Waals surface area contributed by atoms with Crippen molar-refractivity contribution in [3.05, 3.63) is 59.7 Å². The van der Waals surface area contributed by atoms with Crippen molar-refractivity contribution in [1.82, 2.24) is 9.88 Å². The van der Waals surface area contributed by atoms with Gasteiger partial charge in [-0.15, -0.1) is 0 Å². The van der Waals surface area contributed by atoms with Crippen molar-refractivity contribution in [3.8, 4) is 0 Å². The monoisotopic (exact) mass is 342 g/mol. The van der Waals surface area contributed by atoms with Crippen molar-refractivity contribution in [2.45, 2.75) is 18.9 Å². The molecule has 0 bridgehead atoms. The molecule has 2 heterocycles. The molecule has 0 saturated carbocycles. The lowest BCUT2D eigenvalue weighted by Gasteiger charge is -2.32. The fourth-order valence-corrected chi connectivity index (χ4v) is 2.84. The van der Waals surface area contributed by atoms with Gasteiger partial charge in [-0.1, -0.05) is 0 Å². The summed E-state index contributed by atoms with van der Waals surface area (Å²) in [6, 6.07) is 9.51. The third-order valence-electron chi connectivity index (χ3n) is 4.26. The quantitative estimate of drug-likeness (QED) is 0.890. The average Bonchev–Trinajstić information content (AvgIpc) is 2.64. The number of benzene rings is 1. The topological polar surface area (TPSA) is 88.3 Å². The van der Waals surface area contributed by atoms with Crippen molar-refractivity contribution < 1.29 is 14.0 Å². The molecular weight excluding hydrogens is 323 g/mol. The van der Waals surface area contributed by atoms with E-state index in [1.807, 2.05) is 0 Å². The molecule has 2 aromatic rings. The molecule has 0 unspecified atom stereocenters. The Hall–Kier alpha value is -2.96. The standard InChI is InChI=1S/C18H19FN4O2/c19-13-2-4-14(5-3-13)22-15-7-9-23(10-8-15)18(25)16-6-1-12(11-21-16)17(20)24/h1-6,11,15,22H,7-10H2,(H2,20,24). The predicted octanol–water partition coefficient (Wildman–Crippen LogP) is 2.04. The molecule has 0 spiro atoms. The fraction of sp³-hybridized carbons (Fsp3) is 0.278. The second-order valence-electron chi connectivity index (χ2n) is 6.01. The van der Waals surface area contributed by atoms with E-state index in [2.05, 4.69) is 10.3 Å². The molecule has 130 valence electrons. The van der Waals surface area contributed by atoms with E-state index in [1.165, 1.54) is 30.5 Å². The zero-order chi connectivity index (χ0) is 17.8. The normalized spacial score (nSPS) is 15.0. The summed E-state index contributed by atoms with van der Waals surface area (Å²) >= 11 is 0. The van der Waals surface area contributed by atoms with Gasteiger partial charge in [0.25, 0.3) is 5.91 Å². The number of rotatable bonds is 4. The van der Waals surface area contributed by atoms with Gasteiger partial charge in [-0.05, 0) is 49.2 Å². The maximum Gasteiger partial charge on any atom is 0.272 e. The largest absolute Gasteiger partial charge is 0.382 e. The van der Waals surface area contributed by atoms with E-state index in [0.717, 1.165) is 18.5 Å². The first-order valence-corrected chi connectivity index (χ1v) is 8.10. The van der Waals surface area contributed by atoms with E-state index in [0.29, 0.717) is 18.8 Å². The number of pyridine rings is 1. The van der Waals surface area contributed by atoms with Gasteiger partial charge < -0.3 is 16.0 Å². The third kappa shape index (κ3) is 4.12. The number of nitrogens with zero attached hydrogens (tertiary/aromatic N) is 2. The molecule has 7 heteroatoms. The molecule has 3 N–H and O–H groups in total. The van der Waals surface area contributed by atoms with E-state index in [9.17, 15) is 14.0 Å². The van der Waals surface area contributed by atoms with Gasteiger partial charge in [-0.25, -0.2) is 4.39 Å². The Morgan fingerprint density at radius 1 is 1.12 bits per heavy atom. The van der Waals surface area contributed by atoms with E-state index in [-0.39, 0.29) is 23.3 Å². The number of nitrogens with two attached hydrogens (primary N) is 1. The van der Waals surface area contributed by atoms with Gasteiger partial charge in [0.1, 0.15) is 11.5 Å². The van der Waals surface area contributed by atoms with Crippen molar-refractivity contribution in [3.63, 3.8) is 0 Å². The Balaban J connectivity index is 1.55. The highest BCUT2D eigenvalue weighted by atomic mass is 19.1. The summed E-state index contributed by atoms with van der Waals surface area (Å²) in [5, 5.41) is 3.36. The molecule has 1 aliphatic rings. The Morgan fingerprint density at radius 3 is 2.36 bits per heavy atom. The van der Waals surface area contributed by atoms with Crippen molar-refractivity contribution in [1.29, 1.82) is 0 Å². The Bertz CT molecular complexity index is 754. The molecule has 1 saturated heterocycles.